The molecule has 1 aromatic rings. The third kappa shape index (κ3) is 3.38. The molecule has 3 heteroatoms. The second-order valence-electron chi connectivity index (χ2n) is 6.76. The molecule has 2 heterocycles. The zero-order valence-corrected chi connectivity index (χ0v) is 13.5. The minimum atomic E-state index is 0.231. The topological polar surface area (TPSA) is 15.3 Å². The summed E-state index contributed by atoms with van der Waals surface area (Å²) in [4.78, 5) is 2.72. The Kier molecular flexibility index (Phi) is 4.39. The van der Waals surface area contributed by atoms with E-state index >= 15 is 0 Å². The van der Waals surface area contributed by atoms with Gasteiger partial charge in [-0.3, -0.25) is 4.90 Å². The van der Waals surface area contributed by atoms with Crippen molar-refractivity contribution in [1.82, 2.24) is 10.2 Å². The maximum Gasteiger partial charge on any atom is 0.0474 e. The lowest BCUT2D eigenvalue weighted by molar-refractivity contribution is 0.0953. The highest BCUT2D eigenvalue weighted by molar-refractivity contribution is 8.00. The number of benzene rings is 1. The normalized spacial score (nSPS) is 30.5. The molecule has 1 N–H and O–H groups in total. The summed E-state index contributed by atoms with van der Waals surface area (Å²) in [5, 5.41) is 4.56. The van der Waals surface area contributed by atoms with Crippen LogP contribution in [0.25, 0.3) is 0 Å². The molecule has 0 aliphatic carbocycles. The molecular weight excluding hydrogens is 264 g/mol. The van der Waals surface area contributed by atoms with Crippen LogP contribution in [0.4, 0.5) is 0 Å². The highest BCUT2D eigenvalue weighted by Crippen LogP contribution is 2.32. The van der Waals surface area contributed by atoms with Gasteiger partial charge in [-0.1, -0.05) is 30.3 Å². The summed E-state index contributed by atoms with van der Waals surface area (Å²) in [5.41, 5.74) is 1.69. The zero-order valence-electron chi connectivity index (χ0n) is 12.6. The van der Waals surface area contributed by atoms with Crippen LogP contribution in [0.5, 0.6) is 0 Å². The van der Waals surface area contributed by atoms with Crippen molar-refractivity contribution in [2.75, 3.05) is 25.4 Å². The SMILES string of the molecule is CC1(C)CN(CC2CCCS2)C(c2ccccc2)CN1. The van der Waals surface area contributed by atoms with Gasteiger partial charge in [0.25, 0.3) is 0 Å². The summed E-state index contributed by atoms with van der Waals surface area (Å²) in [6.45, 7) is 8.10. The van der Waals surface area contributed by atoms with E-state index in [1.165, 1.54) is 30.7 Å². The van der Waals surface area contributed by atoms with E-state index in [1.807, 2.05) is 0 Å². The van der Waals surface area contributed by atoms with E-state index in [1.54, 1.807) is 0 Å². The lowest BCUT2D eigenvalue weighted by Gasteiger charge is -2.45. The minimum absolute atomic E-state index is 0.231. The maximum absolute atomic E-state index is 3.71. The van der Waals surface area contributed by atoms with Crippen LogP contribution in [-0.4, -0.2) is 41.1 Å². The fraction of sp³-hybridized carbons (Fsp3) is 0.647. The van der Waals surface area contributed by atoms with Crippen LogP contribution in [0.15, 0.2) is 30.3 Å². The maximum atomic E-state index is 3.71. The lowest BCUT2D eigenvalue weighted by atomic mass is 9.94. The van der Waals surface area contributed by atoms with Crippen LogP contribution in [0.3, 0.4) is 0 Å². The molecule has 2 saturated heterocycles. The first-order valence-corrected chi connectivity index (χ1v) is 8.84. The Morgan fingerprint density at radius 1 is 1.30 bits per heavy atom. The van der Waals surface area contributed by atoms with E-state index in [0.717, 1.165) is 18.3 Å². The van der Waals surface area contributed by atoms with Gasteiger partial charge in [0, 0.05) is 36.5 Å². The number of thioether (sulfide) groups is 1. The Balaban J connectivity index is 1.75. The summed E-state index contributed by atoms with van der Waals surface area (Å²) in [6.07, 6.45) is 2.80. The molecule has 2 aliphatic rings. The molecular formula is C17H26N2S. The van der Waals surface area contributed by atoms with Gasteiger partial charge in [0.05, 0.1) is 0 Å². The Hall–Kier alpha value is -0.510. The van der Waals surface area contributed by atoms with Gasteiger partial charge in [-0.2, -0.15) is 11.8 Å². The molecule has 0 bridgehead atoms. The molecule has 0 saturated carbocycles. The van der Waals surface area contributed by atoms with Gasteiger partial charge in [0.15, 0.2) is 0 Å². The smallest absolute Gasteiger partial charge is 0.0474 e. The van der Waals surface area contributed by atoms with Crippen molar-refractivity contribution >= 4 is 11.8 Å². The number of nitrogens with one attached hydrogen (secondary N) is 1. The van der Waals surface area contributed by atoms with E-state index < -0.39 is 0 Å². The van der Waals surface area contributed by atoms with E-state index in [9.17, 15) is 0 Å². The molecule has 20 heavy (non-hydrogen) atoms. The van der Waals surface area contributed by atoms with Gasteiger partial charge in [-0.15, -0.1) is 0 Å². The second-order valence-corrected chi connectivity index (χ2v) is 8.16. The molecule has 2 unspecified atom stereocenters. The molecule has 2 aliphatic heterocycles. The average Bonchev–Trinajstić information content (AvgIpc) is 2.92. The van der Waals surface area contributed by atoms with Crippen LogP contribution in [-0.2, 0) is 0 Å². The predicted octanol–water partition coefficient (Wildman–Crippen LogP) is 3.31. The monoisotopic (exact) mass is 290 g/mol. The van der Waals surface area contributed by atoms with Gasteiger partial charge in [0.2, 0.25) is 0 Å². The molecule has 0 spiro atoms. The summed E-state index contributed by atoms with van der Waals surface area (Å²) < 4.78 is 0. The van der Waals surface area contributed by atoms with Crippen LogP contribution in [0, 0.1) is 0 Å². The lowest BCUT2D eigenvalue weighted by Crippen LogP contribution is -2.59. The number of hydrogen-bond acceptors (Lipinski definition) is 3. The van der Waals surface area contributed by atoms with Gasteiger partial charge in [0.1, 0.15) is 0 Å². The first-order valence-electron chi connectivity index (χ1n) is 7.80. The molecule has 110 valence electrons. The van der Waals surface area contributed by atoms with Crippen LogP contribution in [0.2, 0.25) is 0 Å². The Labute approximate surface area is 127 Å². The van der Waals surface area contributed by atoms with Crippen LogP contribution >= 0.6 is 11.8 Å². The Morgan fingerprint density at radius 3 is 2.80 bits per heavy atom. The first kappa shape index (κ1) is 14.4. The molecule has 0 aromatic heterocycles. The molecule has 2 fully saturated rings. The second kappa shape index (κ2) is 6.08. The molecule has 1 aromatic carbocycles. The fourth-order valence-corrected chi connectivity index (χ4v) is 4.72. The van der Waals surface area contributed by atoms with Crippen molar-refractivity contribution < 1.29 is 0 Å². The van der Waals surface area contributed by atoms with Gasteiger partial charge in [-0.05, 0) is 38.0 Å². The standard InChI is InChI=1S/C17H26N2S/c1-17(2)13-19(12-15-9-6-10-20-15)16(11-18-17)14-7-4-3-5-8-14/h3-5,7-8,15-16,18H,6,9-13H2,1-2H3. The van der Waals surface area contributed by atoms with Crippen molar-refractivity contribution in [1.29, 1.82) is 0 Å². The van der Waals surface area contributed by atoms with Gasteiger partial charge >= 0.3 is 0 Å². The largest absolute Gasteiger partial charge is 0.309 e. The van der Waals surface area contributed by atoms with E-state index in [4.69, 9.17) is 0 Å². The van der Waals surface area contributed by atoms with E-state index in [-0.39, 0.29) is 5.54 Å². The van der Waals surface area contributed by atoms with Crippen molar-refractivity contribution in [3.8, 4) is 0 Å². The summed E-state index contributed by atoms with van der Waals surface area (Å²) in [6, 6.07) is 11.5. The van der Waals surface area contributed by atoms with Crippen LogP contribution < -0.4 is 5.32 Å². The molecule has 0 amide bonds. The van der Waals surface area contributed by atoms with Crippen LogP contribution in [0.1, 0.15) is 38.3 Å². The number of nitrogens with zero attached hydrogens (tertiary/aromatic N) is 1. The van der Waals surface area contributed by atoms with E-state index in [0.29, 0.717) is 6.04 Å². The molecule has 2 atom stereocenters. The highest BCUT2D eigenvalue weighted by atomic mass is 32.2. The fourth-order valence-electron chi connectivity index (χ4n) is 3.42. The van der Waals surface area contributed by atoms with Gasteiger partial charge in [-0.25, -0.2) is 0 Å². The Morgan fingerprint density at radius 2 is 2.10 bits per heavy atom. The Bertz CT molecular complexity index is 426. The third-order valence-corrected chi connectivity index (χ3v) is 5.84. The number of piperazine rings is 1. The van der Waals surface area contributed by atoms with Crippen molar-refractivity contribution in [2.45, 2.75) is 43.5 Å². The van der Waals surface area contributed by atoms with Crippen molar-refractivity contribution in [2.24, 2.45) is 0 Å². The molecule has 3 rings (SSSR count). The number of rotatable bonds is 3. The molecule has 0 radical (unpaired) electrons. The van der Waals surface area contributed by atoms with Crippen molar-refractivity contribution in [3.63, 3.8) is 0 Å². The molecule has 2 nitrogen and oxygen atoms in total. The predicted molar refractivity (Wildman–Crippen MR) is 88.3 cm³/mol. The quantitative estimate of drug-likeness (QED) is 0.919. The van der Waals surface area contributed by atoms with Crippen molar-refractivity contribution in [3.05, 3.63) is 35.9 Å². The number of hydrogen-bond donors (Lipinski definition) is 1. The van der Waals surface area contributed by atoms with E-state index in [2.05, 4.69) is 66.2 Å². The first-order chi connectivity index (χ1) is 9.64. The summed E-state index contributed by atoms with van der Waals surface area (Å²) in [7, 11) is 0. The summed E-state index contributed by atoms with van der Waals surface area (Å²) >= 11 is 2.17. The third-order valence-electron chi connectivity index (χ3n) is 4.46. The minimum Gasteiger partial charge on any atom is -0.309 e. The summed E-state index contributed by atoms with van der Waals surface area (Å²) in [5.74, 6) is 1.36. The highest BCUT2D eigenvalue weighted by Gasteiger charge is 2.34. The zero-order chi connectivity index (χ0) is 14.0. The average molecular weight is 290 g/mol. The van der Waals surface area contributed by atoms with Gasteiger partial charge < -0.3 is 5.32 Å².